The van der Waals surface area contributed by atoms with Gasteiger partial charge in [0, 0.05) is 10.5 Å². The predicted molar refractivity (Wildman–Crippen MR) is 88.5 cm³/mol. The monoisotopic (exact) mass is 370 g/mol. The Bertz CT molecular complexity index is 637. The van der Waals surface area contributed by atoms with E-state index in [2.05, 4.69) is 33.4 Å². The Morgan fingerprint density at radius 2 is 1.70 bits per heavy atom. The van der Waals surface area contributed by atoms with Gasteiger partial charge in [0.15, 0.2) is 0 Å². The minimum atomic E-state index is 0.0525. The number of nitrogens with two attached hydrogens (primary N) is 1. The van der Waals surface area contributed by atoms with Crippen LogP contribution in [0.25, 0.3) is 0 Å². The van der Waals surface area contributed by atoms with E-state index in [4.69, 9.17) is 28.9 Å². The third kappa shape index (κ3) is 2.56. The maximum absolute atomic E-state index is 6.27. The van der Waals surface area contributed by atoms with Crippen molar-refractivity contribution in [2.24, 2.45) is 5.73 Å². The zero-order chi connectivity index (χ0) is 14.3. The molecule has 20 heavy (non-hydrogen) atoms. The SMILES string of the molecule is NC1CC(Nc2c(Cl)cc(Br)cc2Cl)c2ccccc21. The lowest BCUT2D eigenvalue weighted by molar-refractivity contribution is 0.648. The van der Waals surface area contributed by atoms with E-state index in [1.54, 1.807) is 0 Å². The number of rotatable bonds is 2. The number of halogens is 3. The number of hydrogen-bond donors (Lipinski definition) is 2. The van der Waals surface area contributed by atoms with Crippen molar-refractivity contribution in [3.05, 3.63) is 62.0 Å². The third-order valence-electron chi connectivity index (χ3n) is 3.59. The number of nitrogens with one attached hydrogen (secondary N) is 1. The summed E-state index contributed by atoms with van der Waals surface area (Å²) in [5.74, 6) is 0. The van der Waals surface area contributed by atoms with Crippen LogP contribution < -0.4 is 11.1 Å². The van der Waals surface area contributed by atoms with Gasteiger partial charge in [-0.1, -0.05) is 63.4 Å². The van der Waals surface area contributed by atoms with E-state index in [1.807, 2.05) is 24.3 Å². The van der Waals surface area contributed by atoms with Crippen molar-refractivity contribution in [3.63, 3.8) is 0 Å². The Labute approximate surface area is 136 Å². The van der Waals surface area contributed by atoms with Crippen LogP contribution in [0.2, 0.25) is 10.0 Å². The summed E-state index contributed by atoms with van der Waals surface area (Å²) in [5.41, 5.74) is 9.34. The van der Waals surface area contributed by atoms with Gasteiger partial charge < -0.3 is 11.1 Å². The molecule has 0 saturated heterocycles. The van der Waals surface area contributed by atoms with Crippen LogP contribution in [0.4, 0.5) is 5.69 Å². The van der Waals surface area contributed by atoms with Gasteiger partial charge in [-0.05, 0) is 29.7 Å². The summed E-state index contributed by atoms with van der Waals surface area (Å²) < 4.78 is 0.863. The Balaban J connectivity index is 1.94. The van der Waals surface area contributed by atoms with Crippen molar-refractivity contribution in [1.29, 1.82) is 0 Å². The molecule has 0 saturated carbocycles. The minimum Gasteiger partial charge on any atom is -0.376 e. The first-order valence-electron chi connectivity index (χ1n) is 6.31. The summed E-state index contributed by atoms with van der Waals surface area (Å²) in [5, 5.41) is 4.63. The molecule has 0 radical (unpaired) electrons. The van der Waals surface area contributed by atoms with E-state index in [9.17, 15) is 0 Å². The molecule has 0 aromatic heterocycles. The van der Waals surface area contributed by atoms with Gasteiger partial charge in [-0.15, -0.1) is 0 Å². The highest BCUT2D eigenvalue weighted by Gasteiger charge is 2.28. The van der Waals surface area contributed by atoms with Crippen molar-refractivity contribution in [2.75, 3.05) is 5.32 Å². The highest BCUT2D eigenvalue weighted by atomic mass is 79.9. The van der Waals surface area contributed by atoms with Crippen molar-refractivity contribution >= 4 is 44.8 Å². The first-order chi connectivity index (χ1) is 9.56. The zero-order valence-electron chi connectivity index (χ0n) is 10.5. The smallest absolute Gasteiger partial charge is 0.0724 e. The zero-order valence-corrected chi connectivity index (χ0v) is 13.6. The first-order valence-corrected chi connectivity index (χ1v) is 7.86. The van der Waals surface area contributed by atoms with Crippen molar-refractivity contribution in [2.45, 2.75) is 18.5 Å². The maximum Gasteiger partial charge on any atom is 0.0724 e. The molecule has 2 unspecified atom stereocenters. The predicted octanol–water partition coefficient (Wildman–Crippen LogP) is 5.31. The fourth-order valence-electron chi connectivity index (χ4n) is 2.66. The molecule has 0 bridgehead atoms. The van der Waals surface area contributed by atoms with Crippen LogP contribution in [0.3, 0.4) is 0 Å². The summed E-state index contributed by atoms with van der Waals surface area (Å²) in [6, 6.07) is 12.1. The molecule has 2 aromatic carbocycles. The molecule has 0 spiro atoms. The molecule has 3 N–H and O–H groups in total. The molecule has 104 valence electrons. The molecule has 0 amide bonds. The Morgan fingerprint density at radius 3 is 2.35 bits per heavy atom. The van der Waals surface area contributed by atoms with Gasteiger partial charge in [0.25, 0.3) is 0 Å². The van der Waals surface area contributed by atoms with E-state index in [0.717, 1.165) is 16.6 Å². The van der Waals surface area contributed by atoms with E-state index in [1.165, 1.54) is 11.1 Å². The second kappa shape index (κ2) is 5.57. The molecular formula is C15H13BrCl2N2. The molecule has 3 rings (SSSR count). The van der Waals surface area contributed by atoms with Gasteiger partial charge >= 0.3 is 0 Å². The number of anilines is 1. The Kier molecular flexibility index (Phi) is 3.95. The van der Waals surface area contributed by atoms with Crippen LogP contribution >= 0.6 is 39.1 Å². The molecule has 2 aromatic rings. The average Bonchev–Trinajstić information content (AvgIpc) is 2.71. The topological polar surface area (TPSA) is 38.0 Å². The Hall–Kier alpha value is -0.740. The lowest BCUT2D eigenvalue weighted by Crippen LogP contribution is -2.10. The molecular weight excluding hydrogens is 359 g/mol. The standard InChI is InChI=1S/C15H13BrCl2N2/c16-8-5-11(17)15(12(18)6-8)20-14-7-13(19)9-3-1-2-4-10(9)14/h1-6,13-14,20H,7,19H2. The van der Waals surface area contributed by atoms with Crippen LogP contribution in [-0.2, 0) is 0 Å². The molecule has 0 aliphatic heterocycles. The average molecular weight is 372 g/mol. The van der Waals surface area contributed by atoms with Gasteiger partial charge in [0.1, 0.15) is 0 Å². The normalized spacial score (nSPS) is 20.8. The fraction of sp³-hybridized carbons (Fsp3) is 0.200. The van der Waals surface area contributed by atoms with Gasteiger partial charge in [-0.3, -0.25) is 0 Å². The molecule has 0 fully saturated rings. The lowest BCUT2D eigenvalue weighted by atomic mass is 10.1. The van der Waals surface area contributed by atoms with Gasteiger partial charge in [-0.25, -0.2) is 0 Å². The molecule has 5 heteroatoms. The van der Waals surface area contributed by atoms with E-state index in [0.29, 0.717) is 10.0 Å². The third-order valence-corrected chi connectivity index (χ3v) is 4.64. The van der Waals surface area contributed by atoms with Crippen molar-refractivity contribution in [1.82, 2.24) is 0 Å². The van der Waals surface area contributed by atoms with Crippen molar-refractivity contribution < 1.29 is 0 Å². The van der Waals surface area contributed by atoms with Gasteiger partial charge in [0.05, 0.1) is 21.8 Å². The second-order valence-electron chi connectivity index (χ2n) is 4.91. The summed E-state index contributed by atoms with van der Waals surface area (Å²) in [4.78, 5) is 0. The fourth-order valence-corrected chi connectivity index (χ4v) is 3.98. The summed E-state index contributed by atoms with van der Waals surface area (Å²) in [6.07, 6.45) is 0.835. The van der Waals surface area contributed by atoms with Crippen LogP contribution in [0.5, 0.6) is 0 Å². The maximum atomic E-state index is 6.27. The highest BCUT2D eigenvalue weighted by Crippen LogP contribution is 2.42. The van der Waals surface area contributed by atoms with E-state index >= 15 is 0 Å². The largest absolute Gasteiger partial charge is 0.376 e. The van der Waals surface area contributed by atoms with Crippen LogP contribution in [0.15, 0.2) is 40.9 Å². The highest BCUT2D eigenvalue weighted by molar-refractivity contribution is 9.10. The van der Waals surface area contributed by atoms with Gasteiger partial charge in [0.2, 0.25) is 0 Å². The molecule has 2 atom stereocenters. The van der Waals surface area contributed by atoms with Crippen molar-refractivity contribution in [3.8, 4) is 0 Å². The number of hydrogen-bond acceptors (Lipinski definition) is 2. The molecule has 0 heterocycles. The van der Waals surface area contributed by atoms with E-state index < -0.39 is 0 Å². The lowest BCUT2D eigenvalue weighted by Gasteiger charge is -2.18. The van der Waals surface area contributed by atoms with E-state index in [-0.39, 0.29) is 12.1 Å². The summed E-state index contributed by atoms with van der Waals surface area (Å²) in [7, 11) is 0. The first kappa shape index (κ1) is 14.2. The van der Waals surface area contributed by atoms with Crippen LogP contribution in [-0.4, -0.2) is 0 Å². The summed E-state index contributed by atoms with van der Waals surface area (Å²) >= 11 is 15.9. The molecule has 1 aliphatic rings. The molecule has 2 nitrogen and oxygen atoms in total. The van der Waals surface area contributed by atoms with Crippen LogP contribution in [0.1, 0.15) is 29.6 Å². The summed E-state index contributed by atoms with van der Waals surface area (Å²) in [6.45, 7) is 0. The second-order valence-corrected chi connectivity index (χ2v) is 6.64. The number of benzene rings is 2. The van der Waals surface area contributed by atoms with Crippen LogP contribution in [0, 0.1) is 0 Å². The molecule has 1 aliphatic carbocycles. The minimum absolute atomic E-state index is 0.0525. The number of fused-ring (bicyclic) bond motifs is 1. The quantitative estimate of drug-likeness (QED) is 0.750. The van der Waals surface area contributed by atoms with Gasteiger partial charge in [-0.2, -0.15) is 0 Å². The Morgan fingerprint density at radius 1 is 1.10 bits per heavy atom.